The Balaban J connectivity index is 2.38. The van der Waals surface area contributed by atoms with Gasteiger partial charge in [-0.1, -0.05) is 0 Å². The Morgan fingerprint density at radius 2 is 2.00 bits per heavy atom. The molecule has 0 saturated carbocycles. The van der Waals surface area contributed by atoms with E-state index in [1.54, 1.807) is 7.11 Å². The van der Waals surface area contributed by atoms with Gasteiger partial charge in [0.2, 0.25) is 0 Å². The maximum atomic E-state index is 5.44. The number of ether oxygens (including phenoxy) is 2. The van der Waals surface area contributed by atoms with Gasteiger partial charge in [0.1, 0.15) is 0 Å². The molecule has 1 saturated heterocycles. The minimum absolute atomic E-state index is 0.263. The van der Waals surface area contributed by atoms with E-state index in [-0.39, 0.29) is 6.10 Å². The van der Waals surface area contributed by atoms with Crippen LogP contribution in [0.15, 0.2) is 0 Å². The highest BCUT2D eigenvalue weighted by molar-refractivity contribution is 8.00. The Bertz CT molecular complexity index is 195. The van der Waals surface area contributed by atoms with Crippen LogP contribution in [0, 0.1) is 0 Å². The summed E-state index contributed by atoms with van der Waals surface area (Å²) >= 11 is 1.97. The second-order valence-corrected chi connectivity index (χ2v) is 5.88. The summed E-state index contributed by atoms with van der Waals surface area (Å²) in [5.74, 6) is 0. The minimum Gasteiger partial charge on any atom is -0.381 e. The third kappa shape index (κ3) is 3.91. The molecule has 0 aromatic rings. The molecule has 1 fully saturated rings. The zero-order chi connectivity index (χ0) is 12.0. The first-order valence-corrected chi connectivity index (χ1v) is 7.25. The topological polar surface area (TPSA) is 30.5 Å². The molecule has 96 valence electrons. The molecule has 1 heterocycles. The molecule has 0 bridgehead atoms. The molecule has 0 spiro atoms. The third-order valence-electron chi connectivity index (χ3n) is 3.66. The van der Waals surface area contributed by atoms with Crippen LogP contribution in [0.1, 0.15) is 26.7 Å². The highest BCUT2D eigenvalue weighted by atomic mass is 32.2. The first-order valence-electron chi connectivity index (χ1n) is 6.02. The highest BCUT2D eigenvalue weighted by Crippen LogP contribution is 2.33. The van der Waals surface area contributed by atoms with E-state index in [2.05, 4.69) is 25.4 Å². The zero-order valence-corrected chi connectivity index (χ0v) is 11.7. The molecular formula is C12H25NO2S. The molecule has 2 unspecified atom stereocenters. The fourth-order valence-electron chi connectivity index (χ4n) is 1.91. The lowest BCUT2D eigenvalue weighted by Crippen LogP contribution is -2.47. The van der Waals surface area contributed by atoms with Gasteiger partial charge in [-0.2, -0.15) is 11.8 Å². The van der Waals surface area contributed by atoms with Crippen LogP contribution in [-0.4, -0.2) is 50.0 Å². The fourth-order valence-corrected chi connectivity index (χ4v) is 2.72. The average Bonchev–Trinajstić information content (AvgIpc) is 2.36. The van der Waals surface area contributed by atoms with E-state index < -0.39 is 0 Å². The molecule has 0 amide bonds. The quantitative estimate of drug-likeness (QED) is 0.777. The van der Waals surface area contributed by atoms with Gasteiger partial charge in [-0.25, -0.2) is 0 Å². The van der Waals surface area contributed by atoms with Crippen LogP contribution in [0.25, 0.3) is 0 Å². The molecule has 0 aromatic heterocycles. The van der Waals surface area contributed by atoms with Crippen molar-refractivity contribution in [2.45, 2.75) is 43.6 Å². The third-order valence-corrected chi connectivity index (χ3v) is 5.08. The number of hydrogen-bond donors (Lipinski definition) is 1. The second-order valence-electron chi connectivity index (χ2n) is 4.61. The van der Waals surface area contributed by atoms with E-state index in [1.165, 1.54) is 0 Å². The van der Waals surface area contributed by atoms with Crippen molar-refractivity contribution < 1.29 is 9.47 Å². The minimum atomic E-state index is 0.263. The lowest BCUT2D eigenvalue weighted by molar-refractivity contribution is 0.0674. The molecule has 0 radical (unpaired) electrons. The molecule has 2 atom stereocenters. The predicted molar refractivity (Wildman–Crippen MR) is 70.2 cm³/mol. The zero-order valence-electron chi connectivity index (χ0n) is 10.9. The van der Waals surface area contributed by atoms with Gasteiger partial charge in [-0.05, 0) is 32.9 Å². The van der Waals surface area contributed by atoms with Crippen LogP contribution < -0.4 is 5.32 Å². The van der Waals surface area contributed by atoms with Crippen molar-refractivity contribution in [1.29, 1.82) is 0 Å². The lowest BCUT2D eigenvalue weighted by atomic mass is 9.98. The second kappa shape index (κ2) is 6.84. The number of thioether (sulfide) groups is 1. The highest BCUT2D eigenvalue weighted by Gasteiger charge is 2.32. The van der Waals surface area contributed by atoms with Crippen molar-refractivity contribution in [3.05, 3.63) is 0 Å². The van der Waals surface area contributed by atoms with Crippen molar-refractivity contribution in [1.82, 2.24) is 5.32 Å². The average molecular weight is 247 g/mol. The summed E-state index contributed by atoms with van der Waals surface area (Å²) in [5, 5.41) is 3.59. The summed E-state index contributed by atoms with van der Waals surface area (Å²) < 4.78 is 11.1. The van der Waals surface area contributed by atoms with Crippen molar-refractivity contribution in [3.63, 3.8) is 0 Å². The van der Waals surface area contributed by atoms with E-state index in [0.29, 0.717) is 10.8 Å². The van der Waals surface area contributed by atoms with Crippen LogP contribution >= 0.6 is 11.8 Å². The molecule has 1 N–H and O–H groups in total. The first-order chi connectivity index (χ1) is 7.63. The molecule has 3 nitrogen and oxygen atoms in total. The van der Waals surface area contributed by atoms with Crippen LogP contribution in [0.5, 0.6) is 0 Å². The number of nitrogens with one attached hydrogen (secondary N) is 1. The maximum Gasteiger partial charge on any atom is 0.0693 e. The molecule has 16 heavy (non-hydrogen) atoms. The van der Waals surface area contributed by atoms with Gasteiger partial charge in [0.05, 0.1) is 6.10 Å². The van der Waals surface area contributed by atoms with Crippen molar-refractivity contribution in [2.24, 2.45) is 0 Å². The summed E-state index contributed by atoms with van der Waals surface area (Å²) in [6.07, 6.45) is 4.76. The summed E-state index contributed by atoms with van der Waals surface area (Å²) in [6.45, 7) is 7.13. The van der Waals surface area contributed by atoms with Gasteiger partial charge in [-0.3, -0.25) is 0 Å². The van der Waals surface area contributed by atoms with Crippen LogP contribution in [0.2, 0.25) is 0 Å². The molecule has 1 rings (SSSR count). The first kappa shape index (κ1) is 14.3. The van der Waals surface area contributed by atoms with Crippen molar-refractivity contribution in [2.75, 3.05) is 33.1 Å². The summed E-state index contributed by atoms with van der Waals surface area (Å²) in [6, 6.07) is 0.400. The summed E-state index contributed by atoms with van der Waals surface area (Å²) in [7, 11) is 1.77. The largest absolute Gasteiger partial charge is 0.381 e. The van der Waals surface area contributed by atoms with Gasteiger partial charge in [0.25, 0.3) is 0 Å². The summed E-state index contributed by atoms with van der Waals surface area (Å²) in [5.41, 5.74) is 0. The smallest absolute Gasteiger partial charge is 0.0693 e. The Morgan fingerprint density at radius 3 is 2.50 bits per heavy atom. The standard InChI is InChI=1S/C12H25NO2S/c1-10(11(2)14-3)13-9-12(16-4)5-7-15-8-6-12/h10-11,13H,5-9H2,1-4H3. The maximum absolute atomic E-state index is 5.44. The van der Waals surface area contributed by atoms with E-state index in [0.717, 1.165) is 32.6 Å². The van der Waals surface area contributed by atoms with Gasteiger partial charge < -0.3 is 14.8 Å². The monoisotopic (exact) mass is 247 g/mol. The molecule has 4 heteroatoms. The van der Waals surface area contributed by atoms with Crippen molar-refractivity contribution in [3.8, 4) is 0 Å². The van der Waals surface area contributed by atoms with Crippen LogP contribution in [0.4, 0.5) is 0 Å². The SMILES string of the molecule is COC(C)C(C)NCC1(SC)CCOCC1. The molecule has 0 aliphatic carbocycles. The van der Waals surface area contributed by atoms with Crippen molar-refractivity contribution >= 4 is 11.8 Å². The lowest BCUT2D eigenvalue weighted by Gasteiger charge is -2.37. The molecular weight excluding hydrogens is 222 g/mol. The van der Waals surface area contributed by atoms with Crippen LogP contribution in [-0.2, 0) is 9.47 Å². The number of hydrogen-bond acceptors (Lipinski definition) is 4. The number of methoxy groups -OCH3 is 1. The Kier molecular flexibility index (Phi) is 6.11. The normalized spacial score (nSPS) is 24.0. The van der Waals surface area contributed by atoms with Gasteiger partial charge >= 0.3 is 0 Å². The van der Waals surface area contributed by atoms with E-state index in [4.69, 9.17) is 9.47 Å². The Labute approximate surface area is 104 Å². The van der Waals surface area contributed by atoms with E-state index in [1.807, 2.05) is 11.8 Å². The van der Waals surface area contributed by atoms with Gasteiger partial charge in [0, 0.05) is 37.7 Å². The Hall–Kier alpha value is 0.230. The molecule has 0 aromatic carbocycles. The van der Waals surface area contributed by atoms with Gasteiger partial charge in [-0.15, -0.1) is 0 Å². The van der Waals surface area contributed by atoms with Gasteiger partial charge in [0.15, 0.2) is 0 Å². The molecule has 1 aliphatic heterocycles. The Morgan fingerprint density at radius 1 is 1.38 bits per heavy atom. The van der Waals surface area contributed by atoms with E-state index in [9.17, 15) is 0 Å². The van der Waals surface area contributed by atoms with E-state index >= 15 is 0 Å². The predicted octanol–water partition coefficient (Wildman–Crippen LogP) is 1.91. The number of rotatable bonds is 6. The summed E-state index contributed by atoms with van der Waals surface area (Å²) in [4.78, 5) is 0. The molecule has 1 aliphatic rings. The fraction of sp³-hybridized carbons (Fsp3) is 1.00. The van der Waals surface area contributed by atoms with Crippen LogP contribution in [0.3, 0.4) is 0 Å².